The van der Waals surface area contributed by atoms with E-state index in [1.54, 1.807) is 18.3 Å². The number of halogens is 1. The van der Waals surface area contributed by atoms with E-state index in [-0.39, 0.29) is 11.6 Å². The van der Waals surface area contributed by atoms with Crippen LogP contribution in [0.15, 0.2) is 30.6 Å². The lowest BCUT2D eigenvalue weighted by Crippen LogP contribution is -2.08. The monoisotopic (exact) mass is 277 g/mol. The molecule has 2 aromatic rings. The van der Waals surface area contributed by atoms with Crippen molar-refractivity contribution in [3.63, 3.8) is 0 Å². The first-order valence-electron chi connectivity index (χ1n) is 6.90. The Morgan fingerprint density at radius 2 is 2.20 bits per heavy atom. The van der Waals surface area contributed by atoms with Gasteiger partial charge in [0.25, 0.3) is 0 Å². The maximum Gasteiger partial charge on any atom is 0.167 e. The van der Waals surface area contributed by atoms with E-state index in [1.807, 2.05) is 13.1 Å². The third kappa shape index (κ3) is 3.50. The van der Waals surface area contributed by atoms with E-state index in [9.17, 15) is 4.39 Å². The van der Waals surface area contributed by atoms with Gasteiger partial charge in [-0.15, -0.1) is 0 Å². The van der Waals surface area contributed by atoms with Gasteiger partial charge in [-0.25, -0.2) is 9.37 Å². The molecule has 2 rings (SSSR count). The molecule has 0 spiro atoms. The maximum absolute atomic E-state index is 13.7. The number of rotatable bonds is 7. The molecule has 20 heavy (non-hydrogen) atoms. The fourth-order valence-electron chi connectivity index (χ4n) is 2.02. The van der Waals surface area contributed by atoms with Gasteiger partial charge >= 0.3 is 0 Å². The van der Waals surface area contributed by atoms with Crippen LogP contribution in [-0.4, -0.2) is 16.2 Å². The van der Waals surface area contributed by atoms with E-state index in [0.717, 1.165) is 24.5 Å². The Kier molecular flexibility index (Phi) is 4.98. The zero-order valence-corrected chi connectivity index (χ0v) is 11.9. The smallest absolute Gasteiger partial charge is 0.167 e. The molecule has 0 aliphatic carbocycles. The highest BCUT2D eigenvalue weighted by Crippen LogP contribution is 2.21. The summed E-state index contributed by atoms with van der Waals surface area (Å²) in [6.45, 7) is 5.92. The van der Waals surface area contributed by atoms with Gasteiger partial charge in [0.2, 0.25) is 0 Å². The first kappa shape index (κ1) is 14.4. The van der Waals surface area contributed by atoms with Crippen LogP contribution in [-0.2, 0) is 13.1 Å². The number of aromatic nitrogens is 2. The molecule has 0 atom stereocenters. The summed E-state index contributed by atoms with van der Waals surface area (Å²) >= 11 is 0. The lowest BCUT2D eigenvalue weighted by Gasteiger charge is -2.10. The van der Waals surface area contributed by atoms with Crippen LogP contribution in [0.1, 0.15) is 26.1 Å². The fraction of sp³-hybridized carbons (Fsp3) is 0.400. The van der Waals surface area contributed by atoms with Crippen LogP contribution in [0.3, 0.4) is 0 Å². The third-order valence-electron chi connectivity index (χ3n) is 2.95. The van der Waals surface area contributed by atoms with E-state index >= 15 is 0 Å². The number of hydrogen-bond donors (Lipinski definition) is 1. The lowest BCUT2D eigenvalue weighted by molar-refractivity contribution is 0.321. The van der Waals surface area contributed by atoms with Crippen LogP contribution in [0.25, 0.3) is 0 Å². The first-order chi connectivity index (χ1) is 9.74. The topological polar surface area (TPSA) is 39.1 Å². The molecule has 1 aromatic heterocycles. The van der Waals surface area contributed by atoms with Gasteiger partial charge in [-0.2, -0.15) is 0 Å². The van der Waals surface area contributed by atoms with Crippen molar-refractivity contribution in [1.82, 2.24) is 9.55 Å². The van der Waals surface area contributed by atoms with Gasteiger partial charge in [-0.05, 0) is 25.5 Å². The zero-order chi connectivity index (χ0) is 14.4. The van der Waals surface area contributed by atoms with Crippen molar-refractivity contribution in [2.75, 3.05) is 11.9 Å². The van der Waals surface area contributed by atoms with E-state index in [0.29, 0.717) is 13.2 Å². The average molecular weight is 277 g/mol. The van der Waals surface area contributed by atoms with Crippen molar-refractivity contribution in [2.24, 2.45) is 0 Å². The van der Waals surface area contributed by atoms with Gasteiger partial charge in [0.15, 0.2) is 11.6 Å². The number of benzene rings is 1. The van der Waals surface area contributed by atoms with Gasteiger partial charge in [0.1, 0.15) is 5.82 Å². The van der Waals surface area contributed by atoms with Gasteiger partial charge in [0.05, 0.1) is 13.2 Å². The Bertz CT molecular complexity index is 554. The molecule has 0 saturated carbocycles. The third-order valence-corrected chi connectivity index (χ3v) is 2.95. The Balaban J connectivity index is 2.00. The van der Waals surface area contributed by atoms with Crippen LogP contribution >= 0.6 is 0 Å². The van der Waals surface area contributed by atoms with Crippen molar-refractivity contribution >= 4 is 5.69 Å². The molecule has 0 saturated heterocycles. The molecule has 5 heteroatoms. The summed E-state index contributed by atoms with van der Waals surface area (Å²) in [5.41, 5.74) is 0.719. The molecule has 0 amide bonds. The summed E-state index contributed by atoms with van der Waals surface area (Å²) in [6, 6.07) is 4.89. The molecule has 4 nitrogen and oxygen atoms in total. The van der Waals surface area contributed by atoms with Crippen molar-refractivity contribution < 1.29 is 9.13 Å². The molecule has 1 aromatic carbocycles. The van der Waals surface area contributed by atoms with E-state index in [2.05, 4.69) is 21.8 Å². The van der Waals surface area contributed by atoms with Gasteiger partial charge in [-0.3, -0.25) is 0 Å². The van der Waals surface area contributed by atoms with Crippen molar-refractivity contribution in [3.8, 4) is 5.75 Å². The molecule has 108 valence electrons. The van der Waals surface area contributed by atoms with Gasteiger partial charge in [0, 0.05) is 30.7 Å². The van der Waals surface area contributed by atoms with E-state index in [4.69, 9.17) is 4.74 Å². The highest BCUT2D eigenvalue weighted by molar-refractivity contribution is 5.47. The molecule has 1 heterocycles. The number of ether oxygens (including phenoxy) is 1. The molecular formula is C15H20FN3O. The number of anilines is 1. The minimum Gasteiger partial charge on any atom is -0.491 e. The van der Waals surface area contributed by atoms with Crippen molar-refractivity contribution in [3.05, 3.63) is 42.2 Å². The van der Waals surface area contributed by atoms with Crippen molar-refractivity contribution in [2.45, 2.75) is 33.4 Å². The lowest BCUT2D eigenvalue weighted by atomic mass is 10.3. The van der Waals surface area contributed by atoms with Crippen molar-refractivity contribution in [1.29, 1.82) is 0 Å². The number of nitrogens with zero attached hydrogens (tertiary/aromatic N) is 2. The largest absolute Gasteiger partial charge is 0.491 e. The molecule has 0 radical (unpaired) electrons. The molecule has 1 N–H and O–H groups in total. The second-order valence-electron chi connectivity index (χ2n) is 4.47. The molecule has 0 aliphatic heterocycles. The number of nitrogens with one attached hydrogen (secondary N) is 1. The van der Waals surface area contributed by atoms with Crippen LogP contribution in [0.2, 0.25) is 0 Å². The summed E-state index contributed by atoms with van der Waals surface area (Å²) < 4.78 is 21.0. The minimum absolute atomic E-state index is 0.283. The quantitative estimate of drug-likeness (QED) is 0.842. The number of hydrogen-bond acceptors (Lipinski definition) is 3. The Morgan fingerprint density at radius 3 is 2.90 bits per heavy atom. The fourth-order valence-corrected chi connectivity index (χ4v) is 2.02. The van der Waals surface area contributed by atoms with Crippen LogP contribution < -0.4 is 10.1 Å². The summed E-state index contributed by atoms with van der Waals surface area (Å²) in [6.07, 6.45) is 4.80. The molecule has 0 bridgehead atoms. The van der Waals surface area contributed by atoms with E-state index in [1.165, 1.54) is 6.07 Å². The molecule has 0 unspecified atom stereocenters. The zero-order valence-electron chi connectivity index (χ0n) is 11.9. The van der Waals surface area contributed by atoms with Gasteiger partial charge < -0.3 is 14.6 Å². The summed E-state index contributed by atoms with van der Waals surface area (Å²) in [4.78, 5) is 4.30. The van der Waals surface area contributed by atoms with Crippen LogP contribution in [0.5, 0.6) is 5.75 Å². The second-order valence-corrected chi connectivity index (χ2v) is 4.47. The second kappa shape index (κ2) is 6.93. The number of imidazole rings is 1. The first-order valence-corrected chi connectivity index (χ1v) is 6.90. The normalized spacial score (nSPS) is 10.6. The summed E-state index contributed by atoms with van der Waals surface area (Å²) in [5, 5.41) is 3.18. The van der Waals surface area contributed by atoms with Crippen LogP contribution in [0.4, 0.5) is 10.1 Å². The maximum atomic E-state index is 13.7. The van der Waals surface area contributed by atoms with E-state index < -0.39 is 0 Å². The average Bonchev–Trinajstić information content (AvgIpc) is 2.87. The standard InChI is InChI=1S/C15H20FN3O/c1-3-8-19-9-7-17-15(19)11-18-12-5-6-14(20-4-2)13(16)10-12/h5-7,9-10,18H,3-4,8,11H2,1-2H3. The number of aryl methyl sites for hydroxylation is 1. The SMILES string of the molecule is CCCn1ccnc1CNc1ccc(OCC)c(F)c1. The highest BCUT2D eigenvalue weighted by Gasteiger charge is 2.05. The highest BCUT2D eigenvalue weighted by atomic mass is 19.1. The predicted octanol–water partition coefficient (Wildman–Crippen LogP) is 3.44. The Labute approximate surface area is 118 Å². The molecular weight excluding hydrogens is 257 g/mol. The summed E-state index contributed by atoms with van der Waals surface area (Å²) in [7, 11) is 0. The Hall–Kier alpha value is -2.04. The predicted molar refractivity (Wildman–Crippen MR) is 77.4 cm³/mol. The van der Waals surface area contributed by atoms with Gasteiger partial charge in [-0.1, -0.05) is 6.92 Å². The summed E-state index contributed by atoms with van der Waals surface area (Å²) in [5.74, 6) is 0.875. The Morgan fingerprint density at radius 1 is 1.35 bits per heavy atom. The molecule has 0 fully saturated rings. The minimum atomic E-state index is -0.353. The van der Waals surface area contributed by atoms with Crippen LogP contribution in [0, 0.1) is 5.82 Å². The molecule has 0 aliphatic rings.